The molecule has 1 heteroatoms. The molecule has 1 nitrogen and oxygen atoms in total. The molecule has 0 aromatic heterocycles. The summed E-state index contributed by atoms with van der Waals surface area (Å²) in [6.45, 7) is 11.0. The number of benzene rings is 1. The smallest absolute Gasteiger partial charge is 0.121 e. The van der Waals surface area contributed by atoms with Crippen molar-refractivity contribution in [2.75, 3.05) is 0 Å². The number of aromatic hydroxyl groups is 1. The molecule has 1 N–H and O–H groups in total. The molecule has 0 amide bonds. The van der Waals surface area contributed by atoms with Crippen molar-refractivity contribution < 1.29 is 5.11 Å². The average molecular weight is 391 g/mol. The Morgan fingerprint density at radius 3 is 1.57 bits per heavy atom. The molecule has 0 atom stereocenters. The van der Waals surface area contributed by atoms with Gasteiger partial charge in [0, 0.05) is 0 Å². The summed E-state index contributed by atoms with van der Waals surface area (Å²) in [5.41, 5.74) is 3.61. The van der Waals surface area contributed by atoms with E-state index in [1.807, 2.05) is 6.92 Å². The minimum absolute atomic E-state index is 0.552. The number of phenolic OH excluding ortho intramolecular Hbond substituents is 1. The highest BCUT2D eigenvalue weighted by Gasteiger charge is 2.10. The Bertz CT molecular complexity index is 460. The van der Waals surface area contributed by atoms with Gasteiger partial charge in [-0.25, -0.2) is 0 Å². The van der Waals surface area contributed by atoms with Crippen LogP contribution in [0.25, 0.3) is 0 Å². The SMILES string of the molecule is CCCCCC.CCCCCCCCCCc1c(CCCC)ccc(C)c1O. The second kappa shape index (κ2) is 19.3. The molecule has 164 valence electrons. The zero-order valence-electron chi connectivity index (χ0n) is 19.9. The second-order valence-electron chi connectivity index (χ2n) is 8.40. The van der Waals surface area contributed by atoms with Crippen LogP contribution in [0.2, 0.25) is 0 Å². The van der Waals surface area contributed by atoms with Crippen LogP contribution in [0.5, 0.6) is 5.75 Å². The van der Waals surface area contributed by atoms with Gasteiger partial charge in [0.2, 0.25) is 0 Å². The van der Waals surface area contributed by atoms with E-state index in [9.17, 15) is 5.11 Å². The van der Waals surface area contributed by atoms with Crippen LogP contribution >= 0.6 is 0 Å². The van der Waals surface area contributed by atoms with E-state index in [2.05, 4.69) is 39.8 Å². The zero-order valence-corrected chi connectivity index (χ0v) is 19.9. The minimum atomic E-state index is 0.552. The maximum absolute atomic E-state index is 10.4. The van der Waals surface area contributed by atoms with Gasteiger partial charge >= 0.3 is 0 Å². The number of phenols is 1. The third kappa shape index (κ3) is 13.2. The van der Waals surface area contributed by atoms with Gasteiger partial charge in [-0.1, -0.05) is 117 Å². The van der Waals surface area contributed by atoms with E-state index in [-0.39, 0.29) is 0 Å². The summed E-state index contributed by atoms with van der Waals surface area (Å²) in [5, 5.41) is 10.4. The number of hydrogen-bond acceptors (Lipinski definition) is 1. The van der Waals surface area contributed by atoms with Crippen LogP contribution < -0.4 is 0 Å². The maximum Gasteiger partial charge on any atom is 0.121 e. The van der Waals surface area contributed by atoms with Crippen molar-refractivity contribution in [1.29, 1.82) is 0 Å². The predicted molar refractivity (Wildman–Crippen MR) is 128 cm³/mol. The first-order valence-corrected chi connectivity index (χ1v) is 12.4. The standard InChI is InChI=1S/C21H36O.C6H14/c1-4-6-8-9-10-11-12-13-15-20-19(14-7-5-2)17-16-18(3)21(20)22;1-3-5-6-4-2/h16-17,22H,4-15H2,1-3H3;3-6H2,1-2H3. The zero-order chi connectivity index (χ0) is 21.0. The molecule has 0 saturated heterocycles. The molecule has 0 radical (unpaired) electrons. The normalized spacial score (nSPS) is 10.6. The summed E-state index contributed by atoms with van der Waals surface area (Å²) in [6.07, 6.45) is 20.9. The van der Waals surface area contributed by atoms with Gasteiger partial charge in [0.15, 0.2) is 0 Å². The number of unbranched alkanes of at least 4 members (excludes halogenated alkanes) is 11. The first-order valence-electron chi connectivity index (χ1n) is 12.4. The molecule has 0 bridgehead atoms. The highest BCUT2D eigenvalue weighted by Crippen LogP contribution is 2.28. The quantitative estimate of drug-likeness (QED) is 0.296. The van der Waals surface area contributed by atoms with E-state index in [1.165, 1.54) is 101 Å². The van der Waals surface area contributed by atoms with Crippen LogP contribution in [-0.4, -0.2) is 5.11 Å². The largest absolute Gasteiger partial charge is 0.507 e. The van der Waals surface area contributed by atoms with E-state index in [0.29, 0.717) is 5.75 Å². The van der Waals surface area contributed by atoms with Crippen LogP contribution in [0.15, 0.2) is 12.1 Å². The van der Waals surface area contributed by atoms with Crippen molar-refractivity contribution in [1.82, 2.24) is 0 Å². The van der Waals surface area contributed by atoms with Gasteiger partial charge in [-0.05, 0) is 49.3 Å². The third-order valence-electron chi connectivity index (χ3n) is 5.62. The van der Waals surface area contributed by atoms with Crippen molar-refractivity contribution in [3.63, 3.8) is 0 Å². The highest BCUT2D eigenvalue weighted by molar-refractivity contribution is 5.45. The first kappa shape index (κ1) is 27.0. The van der Waals surface area contributed by atoms with Crippen molar-refractivity contribution in [3.8, 4) is 5.75 Å². The van der Waals surface area contributed by atoms with Crippen molar-refractivity contribution in [3.05, 3.63) is 28.8 Å². The summed E-state index contributed by atoms with van der Waals surface area (Å²) < 4.78 is 0. The predicted octanol–water partition coefficient (Wildman–Crippen LogP) is 9.31. The summed E-state index contributed by atoms with van der Waals surface area (Å²) in [6, 6.07) is 4.29. The fourth-order valence-electron chi connectivity index (χ4n) is 3.61. The van der Waals surface area contributed by atoms with Crippen molar-refractivity contribution >= 4 is 0 Å². The molecular formula is C27H50O. The molecule has 0 aliphatic carbocycles. The Kier molecular flexibility index (Phi) is 18.7. The molecule has 0 aliphatic heterocycles. The summed E-state index contributed by atoms with van der Waals surface area (Å²) in [4.78, 5) is 0. The minimum Gasteiger partial charge on any atom is -0.507 e. The molecule has 28 heavy (non-hydrogen) atoms. The van der Waals surface area contributed by atoms with Gasteiger partial charge in [-0.2, -0.15) is 0 Å². The van der Waals surface area contributed by atoms with Crippen LogP contribution in [0.3, 0.4) is 0 Å². The maximum atomic E-state index is 10.4. The monoisotopic (exact) mass is 390 g/mol. The lowest BCUT2D eigenvalue weighted by Gasteiger charge is -2.13. The first-order chi connectivity index (χ1) is 13.6. The van der Waals surface area contributed by atoms with Crippen LogP contribution in [0, 0.1) is 6.92 Å². The van der Waals surface area contributed by atoms with Gasteiger partial charge in [0.25, 0.3) is 0 Å². The molecule has 1 aromatic rings. The summed E-state index contributed by atoms with van der Waals surface area (Å²) >= 11 is 0. The number of rotatable bonds is 15. The van der Waals surface area contributed by atoms with E-state index >= 15 is 0 Å². The topological polar surface area (TPSA) is 20.2 Å². The van der Waals surface area contributed by atoms with Gasteiger partial charge in [0.05, 0.1) is 0 Å². The van der Waals surface area contributed by atoms with Crippen molar-refractivity contribution in [2.45, 2.75) is 137 Å². The van der Waals surface area contributed by atoms with Gasteiger partial charge in [-0.15, -0.1) is 0 Å². The molecule has 1 aromatic carbocycles. The van der Waals surface area contributed by atoms with E-state index < -0.39 is 0 Å². The molecule has 0 fully saturated rings. The Morgan fingerprint density at radius 1 is 0.571 bits per heavy atom. The molecule has 0 heterocycles. The lowest BCUT2D eigenvalue weighted by atomic mass is 9.94. The van der Waals surface area contributed by atoms with Crippen LogP contribution in [-0.2, 0) is 12.8 Å². The third-order valence-corrected chi connectivity index (χ3v) is 5.62. The fraction of sp³-hybridized carbons (Fsp3) is 0.778. The molecule has 0 spiro atoms. The van der Waals surface area contributed by atoms with Crippen LogP contribution in [0.1, 0.15) is 134 Å². The van der Waals surface area contributed by atoms with Gasteiger partial charge < -0.3 is 5.11 Å². The second-order valence-corrected chi connectivity index (χ2v) is 8.40. The van der Waals surface area contributed by atoms with E-state index in [0.717, 1.165) is 18.4 Å². The Morgan fingerprint density at radius 2 is 1.04 bits per heavy atom. The summed E-state index contributed by atoms with van der Waals surface area (Å²) in [7, 11) is 0. The van der Waals surface area contributed by atoms with Gasteiger partial charge in [-0.3, -0.25) is 0 Å². The summed E-state index contributed by atoms with van der Waals surface area (Å²) in [5.74, 6) is 0.552. The lowest BCUT2D eigenvalue weighted by molar-refractivity contribution is 0.460. The number of aryl methyl sites for hydroxylation is 2. The fourth-order valence-corrected chi connectivity index (χ4v) is 3.61. The van der Waals surface area contributed by atoms with Gasteiger partial charge in [0.1, 0.15) is 5.75 Å². The highest BCUT2D eigenvalue weighted by atomic mass is 16.3. The average Bonchev–Trinajstić information content (AvgIpc) is 2.71. The molecule has 0 aliphatic rings. The van der Waals surface area contributed by atoms with E-state index in [1.54, 1.807) is 0 Å². The molecule has 1 rings (SSSR count). The number of hydrogen-bond donors (Lipinski definition) is 1. The molecule has 0 unspecified atom stereocenters. The Labute approximate surface area is 177 Å². The van der Waals surface area contributed by atoms with E-state index in [4.69, 9.17) is 0 Å². The van der Waals surface area contributed by atoms with Crippen LogP contribution in [0.4, 0.5) is 0 Å². The Hall–Kier alpha value is -0.980. The Balaban J connectivity index is 0.00000105. The molecular weight excluding hydrogens is 340 g/mol. The molecule has 0 saturated carbocycles. The lowest BCUT2D eigenvalue weighted by Crippen LogP contribution is -1.97. The van der Waals surface area contributed by atoms with Crippen molar-refractivity contribution in [2.24, 2.45) is 0 Å².